The van der Waals surface area contributed by atoms with Crippen LogP contribution in [0.3, 0.4) is 0 Å². The molecule has 2 heterocycles. The Morgan fingerprint density at radius 2 is 1.79 bits per heavy atom. The van der Waals surface area contributed by atoms with Crippen molar-refractivity contribution in [3.05, 3.63) is 70.6 Å². The zero-order chi connectivity index (χ0) is 23.0. The van der Waals surface area contributed by atoms with Gasteiger partial charge in [0, 0.05) is 50.6 Å². The lowest BCUT2D eigenvalue weighted by Gasteiger charge is -2.36. The van der Waals surface area contributed by atoms with Crippen LogP contribution in [0.5, 0.6) is 0 Å². The van der Waals surface area contributed by atoms with Crippen molar-refractivity contribution in [1.82, 2.24) is 19.7 Å². The second kappa shape index (κ2) is 11.2. The Morgan fingerprint density at radius 1 is 1.06 bits per heavy atom. The number of amides is 1. The maximum Gasteiger partial charge on any atom is 0.343 e. The van der Waals surface area contributed by atoms with Gasteiger partial charge in [-0.25, -0.2) is 9.89 Å². The van der Waals surface area contributed by atoms with Crippen molar-refractivity contribution in [3.8, 4) is 0 Å². The van der Waals surface area contributed by atoms with Gasteiger partial charge in [-0.3, -0.25) is 14.3 Å². The molecule has 2 aromatic carbocycles. The molecular formula is C24H30N6O2S. The van der Waals surface area contributed by atoms with Crippen molar-refractivity contribution in [2.45, 2.75) is 31.6 Å². The average Bonchev–Trinajstić information content (AvgIpc) is 3.19. The average molecular weight is 467 g/mol. The minimum Gasteiger partial charge on any atom is -0.369 e. The Balaban J connectivity index is 1.24. The zero-order valence-electron chi connectivity index (χ0n) is 18.9. The number of thioether (sulfide) groups is 1. The Labute approximate surface area is 198 Å². The molecule has 1 fully saturated rings. The summed E-state index contributed by atoms with van der Waals surface area (Å²) in [5.41, 5.74) is 3.04. The minimum absolute atomic E-state index is 0.124. The van der Waals surface area contributed by atoms with E-state index in [9.17, 15) is 9.59 Å². The molecule has 0 spiro atoms. The molecule has 174 valence electrons. The molecular weight excluding hydrogens is 436 g/mol. The fraction of sp³-hybridized carbons (Fsp3) is 0.375. The number of anilines is 2. The van der Waals surface area contributed by atoms with Crippen LogP contribution >= 0.6 is 11.8 Å². The first-order valence-electron chi connectivity index (χ1n) is 11.3. The Bertz CT molecular complexity index is 1090. The number of aromatic amines is 1. The summed E-state index contributed by atoms with van der Waals surface area (Å²) in [5.74, 6) is 0.0693. The van der Waals surface area contributed by atoms with E-state index in [1.165, 1.54) is 23.0 Å². The van der Waals surface area contributed by atoms with Crippen LogP contribution in [0.15, 0.2) is 64.5 Å². The molecule has 8 nitrogen and oxygen atoms in total. The molecule has 9 heteroatoms. The predicted molar refractivity (Wildman–Crippen MR) is 133 cm³/mol. The van der Waals surface area contributed by atoms with Gasteiger partial charge in [0.15, 0.2) is 5.16 Å². The van der Waals surface area contributed by atoms with Crippen molar-refractivity contribution in [1.29, 1.82) is 0 Å². The van der Waals surface area contributed by atoms with Crippen molar-refractivity contribution in [3.63, 3.8) is 0 Å². The van der Waals surface area contributed by atoms with Gasteiger partial charge in [0.1, 0.15) is 0 Å². The number of carbonyl (C=O) groups is 1. The third-order valence-corrected chi connectivity index (χ3v) is 6.62. The standard InChI is InChI=1S/C24H30N6O2S/c1-2-12-30-23(32)26-27-24(30)33-18-22(31)25-20-8-10-21(11-9-20)29-15-13-28(14-16-29)17-19-6-4-3-5-7-19/h3-11H,2,12-18H2,1H3,(H,25,31)(H,26,32). The molecule has 0 aliphatic carbocycles. The number of rotatable bonds is 9. The van der Waals surface area contributed by atoms with E-state index in [2.05, 4.69) is 67.8 Å². The fourth-order valence-electron chi connectivity index (χ4n) is 3.92. The smallest absolute Gasteiger partial charge is 0.343 e. The number of hydrogen-bond acceptors (Lipinski definition) is 6. The van der Waals surface area contributed by atoms with Crippen LogP contribution in [0.25, 0.3) is 0 Å². The number of hydrogen-bond donors (Lipinski definition) is 2. The quantitative estimate of drug-likeness (QED) is 0.472. The van der Waals surface area contributed by atoms with Crippen molar-refractivity contribution < 1.29 is 4.79 Å². The fourth-order valence-corrected chi connectivity index (χ4v) is 4.70. The molecule has 4 rings (SSSR count). The van der Waals surface area contributed by atoms with Crippen LogP contribution in [0.1, 0.15) is 18.9 Å². The summed E-state index contributed by atoms with van der Waals surface area (Å²) < 4.78 is 1.56. The van der Waals surface area contributed by atoms with Gasteiger partial charge in [0.2, 0.25) is 5.91 Å². The van der Waals surface area contributed by atoms with E-state index in [0.717, 1.165) is 44.8 Å². The molecule has 0 radical (unpaired) electrons. The molecule has 1 aromatic heterocycles. The third-order valence-electron chi connectivity index (χ3n) is 5.64. The normalized spacial score (nSPS) is 14.4. The SMILES string of the molecule is CCCn1c(SCC(=O)Nc2ccc(N3CCN(Cc4ccccc4)CC3)cc2)n[nH]c1=O. The first-order valence-corrected chi connectivity index (χ1v) is 12.3. The molecule has 33 heavy (non-hydrogen) atoms. The van der Waals surface area contributed by atoms with Gasteiger partial charge in [-0.05, 0) is 36.2 Å². The molecule has 0 atom stereocenters. The summed E-state index contributed by atoms with van der Waals surface area (Å²) >= 11 is 1.26. The van der Waals surface area contributed by atoms with Gasteiger partial charge >= 0.3 is 5.69 Å². The van der Waals surface area contributed by atoms with Crippen LogP contribution in [0.4, 0.5) is 11.4 Å². The monoisotopic (exact) mass is 466 g/mol. The van der Waals surface area contributed by atoms with E-state index in [4.69, 9.17) is 0 Å². The molecule has 1 aliphatic rings. The highest BCUT2D eigenvalue weighted by molar-refractivity contribution is 7.99. The topological polar surface area (TPSA) is 86.3 Å². The van der Waals surface area contributed by atoms with Gasteiger partial charge < -0.3 is 10.2 Å². The number of benzene rings is 2. The Hall–Kier alpha value is -3.04. The second-order valence-corrected chi connectivity index (χ2v) is 9.04. The Morgan fingerprint density at radius 3 is 2.48 bits per heavy atom. The van der Waals surface area contributed by atoms with Gasteiger partial charge in [-0.1, -0.05) is 49.0 Å². The van der Waals surface area contributed by atoms with Gasteiger partial charge in [-0.15, -0.1) is 5.10 Å². The van der Waals surface area contributed by atoms with Crippen LogP contribution < -0.4 is 15.9 Å². The highest BCUT2D eigenvalue weighted by Gasteiger charge is 2.17. The number of carbonyl (C=O) groups excluding carboxylic acids is 1. The molecule has 2 N–H and O–H groups in total. The molecule has 1 saturated heterocycles. The zero-order valence-corrected chi connectivity index (χ0v) is 19.7. The van der Waals surface area contributed by atoms with Crippen LogP contribution in [0.2, 0.25) is 0 Å². The molecule has 1 amide bonds. The van der Waals surface area contributed by atoms with E-state index < -0.39 is 0 Å². The minimum atomic E-state index is -0.240. The number of aromatic nitrogens is 3. The van der Waals surface area contributed by atoms with Gasteiger partial charge in [0.05, 0.1) is 5.75 Å². The van der Waals surface area contributed by atoms with Crippen molar-refractivity contribution in [2.24, 2.45) is 0 Å². The summed E-state index contributed by atoms with van der Waals surface area (Å²) in [7, 11) is 0. The molecule has 0 bridgehead atoms. The highest BCUT2D eigenvalue weighted by Crippen LogP contribution is 2.21. The number of H-pyrrole nitrogens is 1. The van der Waals surface area contributed by atoms with E-state index in [1.54, 1.807) is 4.57 Å². The predicted octanol–water partition coefficient (Wildman–Crippen LogP) is 3.03. The summed E-state index contributed by atoms with van der Waals surface area (Å²) in [5, 5.41) is 9.91. The lowest BCUT2D eigenvalue weighted by molar-refractivity contribution is -0.113. The summed E-state index contributed by atoms with van der Waals surface area (Å²) in [6, 6.07) is 18.6. The van der Waals surface area contributed by atoms with Gasteiger partial charge in [0.25, 0.3) is 0 Å². The third kappa shape index (κ3) is 6.27. The van der Waals surface area contributed by atoms with Gasteiger partial charge in [-0.2, -0.15) is 0 Å². The van der Waals surface area contributed by atoms with Crippen molar-refractivity contribution >= 4 is 29.0 Å². The Kier molecular flexibility index (Phi) is 7.85. The first-order chi connectivity index (χ1) is 16.1. The van der Waals surface area contributed by atoms with Crippen molar-refractivity contribution in [2.75, 3.05) is 42.1 Å². The summed E-state index contributed by atoms with van der Waals surface area (Å²) in [6.07, 6.45) is 0.827. The molecule has 3 aromatic rings. The number of piperazine rings is 1. The maximum absolute atomic E-state index is 12.4. The number of nitrogens with zero attached hydrogens (tertiary/aromatic N) is 4. The first kappa shape index (κ1) is 23.1. The van der Waals surface area contributed by atoms with Crippen LogP contribution in [0, 0.1) is 0 Å². The lowest BCUT2D eigenvalue weighted by Crippen LogP contribution is -2.45. The molecule has 0 unspecified atom stereocenters. The largest absolute Gasteiger partial charge is 0.369 e. The van der Waals surface area contributed by atoms with E-state index in [1.807, 2.05) is 19.1 Å². The lowest BCUT2D eigenvalue weighted by atomic mass is 10.2. The summed E-state index contributed by atoms with van der Waals surface area (Å²) in [6.45, 7) is 7.60. The van der Waals surface area contributed by atoms with E-state index in [-0.39, 0.29) is 17.3 Å². The maximum atomic E-state index is 12.4. The van der Waals surface area contributed by atoms with Crippen LogP contribution in [-0.2, 0) is 17.9 Å². The van der Waals surface area contributed by atoms with Crippen LogP contribution in [-0.4, -0.2) is 57.5 Å². The molecule has 1 aliphatic heterocycles. The highest BCUT2D eigenvalue weighted by atomic mass is 32.2. The van der Waals surface area contributed by atoms with E-state index >= 15 is 0 Å². The molecule has 0 saturated carbocycles. The van der Waals surface area contributed by atoms with E-state index in [0.29, 0.717) is 11.7 Å². The summed E-state index contributed by atoms with van der Waals surface area (Å²) in [4.78, 5) is 29.0. The number of nitrogens with one attached hydrogen (secondary N) is 2. The second-order valence-electron chi connectivity index (χ2n) is 8.10.